The van der Waals surface area contributed by atoms with Gasteiger partial charge in [0.1, 0.15) is 18.2 Å². The Morgan fingerprint density at radius 1 is 1.09 bits per heavy atom. The third kappa shape index (κ3) is 5.49. The van der Waals surface area contributed by atoms with E-state index in [0.29, 0.717) is 30.3 Å². The maximum absolute atomic E-state index is 13.8. The molecule has 3 aromatic carbocycles. The number of amidine groups is 1. The van der Waals surface area contributed by atoms with E-state index in [2.05, 4.69) is 42.2 Å². The van der Waals surface area contributed by atoms with E-state index in [1.165, 1.54) is 17.8 Å². The fourth-order valence-corrected chi connectivity index (χ4v) is 5.23. The maximum Gasteiger partial charge on any atom is 0.264 e. The van der Waals surface area contributed by atoms with Crippen molar-refractivity contribution >= 4 is 66.5 Å². The van der Waals surface area contributed by atoms with E-state index < -0.39 is 0 Å². The lowest BCUT2D eigenvalue weighted by Crippen LogP contribution is -2.19. The average Bonchev–Trinajstić information content (AvgIpc) is 3.09. The van der Waals surface area contributed by atoms with Gasteiger partial charge in [0, 0.05) is 5.56 Å². The summed E-state index contributed by atoms with van der Waals surface area (Å²) < 4.78 is 21.0. The fraction of sp³-hybridized carbons (Fsp3) is 0.0833. The number of carbonyl (C=O) groups excluding carboxylic acids is 1. The molecule has 4 rings (SSSR count). The van der Waals surface area contributed by atoms with Crippen molar-refractivity contribution in [2.45, 2.75) is 13.5 Å². The molecule has 1 saturated heterocycles. The van der Waals surface area contributed by atoms with Gasteiger partial charge in [0.15, 0.2) is 5.17 Å². The molecule has 0 aromatic heterocycles. The highest BCUT2D eigenvalue weighted by Crippen LogP contribution is 2.37. The first kappa shape index (κ1) is 22.8. The molecule has 8 heteroatoms. The molecule has 0 aliphatic carbocycles. The van der Waals surface area contributed by atoms with Crippen LogP contribution in [0.25, 0.3) is 6.08 Å². The third-order valence-electron chi connectivity index (χ3n) is 4.56. The molecule has 1 heterocycles. The second kappa shape index (κ2) is 10.0. The minimum Gasteiger partial charge on any atom is -0.486 e. The van der Waals surface area contributed by atoms with Crippen molar-refractivity contribution < 1.29 is 13.9 Å². The zero-order chi connectivity index (χ0) is 22.7. The quantitative estimate of drug-likeness (QED) is 0.329. The number of carbonyl (C=O) groups is 1. The lowest BCUT2D eigenvalue weighted by atomic mass is 10.2. The first-order chi connectivity index (χ1) is 15.4. The Hall–Kier alpha value is -2.42. The number of benzene rings is 3. The van der Waals surface area contributed by atoms with Gasteiger partial charge in [-0.15, -0.1) is 0 Å². The van der Waals surface area contributed by atoms with Gasteiger partial charge in [-0.1, -0.05) is 35.9 Å². The molecule has 32 heavy (non-hydrogen) atoms. The number of aliphatic imine (C=N–C) groups is 1. The predicted molar refractivity (Wildman–Crippen MR) is 135 cm³/mol. The Labute approximate surface area is 206 Å². The van der Waals surface area contributed by atoms with Gasteiger partial charge in [0.2, 0.25) is 0 Å². The number of thioether (sulfide) groups is 1. The molecule has 0 radical (unpaired) electrons. The molecule has 162 valence electrons. The van der Waals surface area contributed by atoms with E-state index in [9.17, 15) is 9.18 Å². The van der Waals surface area contributed by atoms with Gasteiger partial charge in [0.25, 0.3) is 5.91 Å². The Morgan fingerprint density at radius 3 is 2.47 bits per heavy atom. The molecule has 0 bridgehead atoms. The molecule has 1 aliphatic heterocycles. The summed E-state index contributed by atoms with van der Waals surface area (Å²) in [6.07, 6.45) is 1.79. The topological polar surface area (TPSA) is 50.7 Å². The lowest BCUT2D eigenvalue weighted by Gasteiger charge is -2.12. The van der Waals surface area contributed by atoms with Crippen LogP contribution in [0.1, 0.15) is 16.7 Å². The zero-order valence-electron chi connectivity index (χ0n) is 16.9. The highest BCUT2D eigenvalue weighted by Gasteiger charge is 2.24. The van der Waals surface area contributed by atoms with Gasteiger partial charge in [-0.25, -0.2) is 9.38 Å². The number of nitrogens with zero attached hydrogens (tertiary/aromatic N) is 1. The smallest absolute Gasteiger partial charge is 0.264 e. The highest BCUT2D eigenvalue weighted by molar-refractivity contribution is 9.11. The van der Waals surface area contributed by atoms with Gasteiger partial charge in [-0.05, 0) is 92.5 Å². The predicted octanol–water partition coefficient (Wildman–Crippen LogP) is 7.13. The van der Waals surface area contributed by atoms with Gasteiger partial charge in [-0.3, -0.25) is 4.79 Å². The molecular weight excluding hydrogens is 559 g/mol. The molecule has 0 unspecified atom stereocenters. The molecule has 4 nitrogen and oxygen atoms in total. The Kier molecular flexibility index (Phi) is 7.13. The number of amides is 1. The second-order valence-electron chi connectivity index (χ2n) is 7.01. The molecule has 1 amide bonds. The maximum atomic E-state index is 13.8. The highest BCUT2D eigenvalue weighted by atomic mass is 79.9. The van der Waals surface area contributed by atoms with Crippen LogP contribution in [0.15, 0.2) is 79.5 Å². The minimum absolute atomic E-state index is 0.0986. The van der Waals surface area contributed by atoms with Crippen molar-refractivity contribution in [1.29, 1.82) is 0 Å². The number of hydrogen-bond donors (Lipinski definition) is 1. The van der Waals surface area contributed by atoms with Gasteiger partial charge in [-0.2, -0.15) is 0 Å². The molecule has 0 spiro atoms. The number of rotatable bonds is 5. The van der Waals surface area contributed by atoms with E-state index in [1.54, 1.807) is 24.3 Å². The SMILES string of the molecule is Cc1ccc(N=C2NC(=O)/C(=C\c3cc(Br)c(OCc4ccccc4F)c(Br)c3)S2)cc1. The van der Waals surface area contributed by atoms with Crippen molar-refractivity contribution in [3.63, 3.8) is 0 Å². The Balaban J connectivity index is 1.51. The van der Waals surface area contributed by atoms with E-state index in [1.807, 2.05) is 43.3 Å². The van der Waals surface area contributed by atoms with Crippen LogP contribution in [0, 0.1) is 12.7 Å². The van der Waals surface area contributed by atoms with Crippen LogP contribution in [-0.2, 0) is 11.4 Å². The summed E-state index contributed by atoms with van der Waals surface area (Å²) in [5, 5.41) is 3.33. The monoisotopic (exact) mass is 574 g/mol. The summed E-state index contributed by atoms with van der Waals surface area (Å²) in [6.45, 7) is 2.11. The van der Waals surface area contributed by atoms with Crippen molar-refractivity contribution in [2.75, 3.05) is 0 Å². The van der Waals surface area contributed by atoms with Gasteiger partial charge < -0.3 is 10.1 Å². The molecule has 0 saturated carbocycles. The number of halogens is 3. The number of nitrogens with one attached hydrogen (secondary N) is 1. The molecule has 3 aromatic rings. The molecule has 1 N–H and O–H groups in total. The summed E-state index contributed by atoms with van der Waals surface area (Å²) >= 11 is 8.30. The van der Waals surface area contributed by atoms with Crippen molar-refractivity contribution in [1.82, 2.24) is 5.32 Å². The largest absolute Gasteiger partial charge is 0.486 e. The molecule has 1 aliphatic rings. The Bertz CT molecular complexity index is 1220. The van der Waals surface area contributed by atoms with Crippen LogP contribution >= 0.6 is 43.6 Å². The van der Waals surface area contributed by atoms with Crippen LogP contribution in [0.5, 0.6) is 5.75 Å². The fourth-order valence-electron chi connectivity index (χ4n) is 2.93. The van der Waals surface area contributed by atoms with Crippen LogP contribution in [0.2, 0.25) is 0 Å². The second-order valence-corrected chi connectivity index (χ2v) is 9.75. The summed E-state index contributed by atoms with van der Waals surface area (Å²) in [4.78, 5) is 17.4. The summed E-state index contributed by atoms with van der Waals surface area (Å²) in [5.74, 6) is 0.0435. The first-order valence-corrected chi connectivity index (χ1v) is 12.0. The van der Waals surface area contributed by atoms with E-state index in [0.717, 1.165) is 16.8 Å². The van der Waals surface area contributed by atoms with Crippen molar-refractivity contribution in [3.8, 4) is 5.75 Å². The Morgan fingerprint density at radius 2 is 1.78 bits per heavy atom. The molecule has 0 atom stereocenters. The normalized spacial score (nSPS) is 15.9. The number of ether oxygens (including phenoxy) is 1. The van der Waals surface area contributed by atoms with E-state index in [4.69, 9.17) is 4.74 Å². The summed E-state index contributed by atoms with van der Waals surface area (Å²) in [6, 6.07) is 17.9. The van der Waals surface area contributed by atoms with E-state index in [-0.39, 0.29) is 18.3 Å². The molecular formula is C24H17Br2FN2O2S. The third-order valence-corrected chi connectivity index (χ3v) is 6.65. The lowest BCUT2D eigenvalue weighted by molar-refractivity contribution is -0.115. The summed E-state index contributed by atoms with van der Waals surface area (Å²) in [7, 11) is 0. The van der Waals surface area contributed by atoms with Crippen LogP contribution in [0.4, 0.5) is 10.1 Å². The average molecular weight is 576 g/mol. The van der Waals surface area contributed by atoms with Crippen molar-refractivity contribution in [2.24, 2.45) is 4.99 Å². The number of hydrogen-bond acceptors (Lipinski definition) is 4. The van der Waals surface area contributed by atoms with Crippen LogP contribution in [-0.4, -0.2) is 11.1 Å². The standard InChI is InChI=1S/C24H17Br2FN2O2S/c1-14-6-8-17(9-7-14)28-24-29-23(30)21(32-24)12-15-10-18(25)22(19(26)11-15)31-13-16-4-2-3-5-20(16)27/h2-12H,13H2,1H3,(H,28,29,30)/b21-12+. The minimum atomic E-state index is -0.312. The van der Waals surface area contributed by atoms with Gasteiger partial charge >= 0.3 is 0 Å². The van der Waals surface area contributed by atoms with E-state index >= 15 is 0 Å². The van der Waals surface area contributed by atoms with Gasteiger partial charge in [0.05, 0.1) is 19.5 Å². The molecule has 1 fully saturated rings. The first-order valence-electron chi connectivity index (χ1n) is 9.60. The van der Waals surface area contributed by atoms with Crippen LogP contribution in [0.3, 0.4) is 0 Å². The van der Waals surface area contributed by atoms with Crippen LogP contribution < -0.4 is 10.1 Å². The zero-order valence-corrected chi connectivity index (χ0v) is 20.9. The number of aryl methyl sites for hydroxylation is 1. The van der Waals surface area contributed by atoms with Crippen molar-refractivity contribution in [3.05, 3.63) is 97.0 Å². The summed E-state index contributed by atoms with van der Waals surface area (Å²) in [5.41, 5.74) is 3.20.